The maximum Gasteiger partial charge on any atom is 0.335 e. The third kappa shape index (κ3) is 2.48. The first-order valence-electron chi connectivity index (χ1n) is 7.88. The van der Waals surface area contributed by atoms with Gasteiger partial charge in [-0.2, -0.15) is 0 Å². The summed E-state index contributed by atoms with van der Waals surface area (Å²) in [5, 5.41) is 9.41. The monoisotopic (exact) mass is 354 g/mol. The van der Waals surface area contributed by atoms with Crippen molar-refractivity contribution in [3.05, 3.63) is 75.3 Å². The summed E-state index contributed by atoms with van der Waals surface area (Å²) in [4.78, 5) is 28.2. The Hall–Kier alpha value is -3.35. The molecule has 4 rings (SSSR count). The van der Waals surface area contributed by atoms with E-state index in [-0.39, 0.29) is 22.2 Å². The van der Waals surface area contributed by atoms with Gasteiger partial charge in [-0.1, -0.05) is 6.07 Å². The molecule has 0 unspecified atom stereocenters. The Bertz CT molecular complexity index is 1150. The van der Waals surface area contributed by atoms with Crippen molar-refractivity contribution in [1.82, 2.24) is 9.55 Å². The van der Waals surface area contributed by atoms with E-state index in [1.54, 1.807) is 0 Å². The molecular weight excluding hydrogens is 342 g/mol. The van der Waals surface area contributed by atoms with Gasteiger partial charge >= 0.3 is 5.97 Å². The number of carboxylic acid groups (broad SMARTS) is 1. The standard InChI is InChI=1S/C19H12F2N2O3/c20-14-2-1-3-15(21)13(14)8-10-6-7-23-17(10)22-16-9-11(19(25)26)4-5-12(16)18(23)24/h1-5,8-9H,6-7H2,(H,25,26). The molecule has 1 aliphatic rings. The van der Waals surface area contributed by atoms with Gasteiger partial charge < -0.3 is 5.11 Å². The van der Waals surface area contributed by atoms with Crippen molar-refractivity contribution in [2.45, 2.75) is 13.0 Å². The van der Waals surface area contributed by atoms with Gasteiger partial charge in [0.15, 0.2) is 0 Å². The predicted molar refractivity (Wildman–Crippen MR) is 91.8 cm³/mol. The van der Waals surface area contributed by atoms with Crippen LogP contribution in [0.1, 0.15) is 28.2 Å². The number of nitrogens with zero attached hydrogens (tertiary/aromatic N) is 2. The highest BCUT2D eigenvalue weighted by Crippen LogP contribution is 2.29. The zero-order valence-electron chi connectivity index (χ0n) is 13.4. The van der Waals surface area contributed by atoms with E-state index in [4.69, 9.17) is 5.11 Å². The van der Waals surface area contributed by atoms with Crippen LogP contribution in [0.4, 0.5) is 8.78 Å². The second kappa shape index (κ2) is 5.87. The zero-order chi connectivity index (χ0) is 18.4. The van der Waals surface area contributed by atoms with Crippen LogP contribution < -0.4 is 5.56 Å². The molecule has 3 aromatic rings. The molecule has 26 heavy (non-hydrogen) atoms. The van der Waals surface area contributed by atoms with E-state index in [2.05, 4.69) is 4.98 Å². The van der Waals surface area contributed by atoms with E-state index < -0.39 is 17.6 Å². The molecule has 0 bridgehead atoms. The van der Waals surface area contributed by atoms with E-state index in [1.165, 1.54) is 34.9 Å². The fourth-order valence-electron chi connectivity index (χ4n) is 3.11. The fourth-order valence-corrected chi connectivity index (χ4v) is 3.11. The molecule has 5 nitrogen and oxygen atoms in total. The molecule has 0 saturated heterocycles. The van der Waals surface area contributed by atoms with Gasteiger partial charge in [-0.3, -0.25) is 9.36 Å². The molecular formula is C19H12F2N2O3. The number of rotatable bonds is 2. The SMILES string of the molecule is O=C(O)c1ccc2c(=O)n3c(nc2c1)C(=Cc1c(F)cccc1F)CC3. The van der Waals surface area contributed by atoms with Crippen LogP contribution in [0.15, 0.2) is 41.2 Å². The smallest absolute Gasteiger partial charge is 0.335 e. The molecule has 0 amide bonds. The lowest BCUT2D eigenvalue weighted by atomic mass is 10.1. The molecule has 1 aromatic heterocycles. The van der Waals surface area contributed by atoms with Crippen molar-refractivity contribution in [2.75, 3.05) is 0 Å². The maximum atomic E-state index is 13.9. The number of hydrogen-bond acceptors (Lipinski definition) is 3. The fraction of sp³-hybridized carbons (Fsp3) is 0.105. The number of hydrogen-bond donors (Lipinski definition) is 1. The van der Waals surface area contributed by atoms with Crippen LogP contribution >= 0.6 is 0 Å². The van der Waals surface area contributed by atoms with Gasteiger partial charge in [-0.05, 0) is 48.4 Å². The predicted octanol–water partition coefficient (Wildman–Crippen LogP) is 3.32. The van der Waals surface area contributed by atoms with Crippen LogP contribution in [0.3, 0.4) is 0 Å². The Morgan fingerprint density at radius 1 is 1.19 bits per heavy atom. The van der Waals surface area contributed by atoms with Crippen LogP contribution in [0.25, 0.3) is 22.6 Å². The summed E-state index contributed by atoms with van der Waals surface area (Å²) in [6, 6.07) is 7.69. The number of allylic oxidation sites excluding steroid dienone is 1. The highest BCUT2D eigenvalue weighted by molar-refractivity contribution is 5.93. The van der Waals surface area contributed by atoms with Crippen LogP contribution in [0, 0.1) is 11.6 Å². The number of carboxylic acids is 1. The quantitative estimate of drug-likeness (QED) is 0.766. The summed E-state index contributed by atoms with van der Waals surface area (Å²) in [7, 11) is 0. The van der Waals surface area contributed by atoms with Crippen LogP contribution in [-0.2, 0) is 6.54 Å². The molecule has 0 spiro atoms. The minimum absolute atomic E-state index is 0.0121. The number of halogens is 2. The summed E-state index contributed by atoms with van der Waals surface area (Å²) in [5.74, 6) is -2.23. The van der Waals surface area contributed by atoms with Crippen molar-refractivity contribution in [3.8, 4) is 0 Å². The second-order valence-corrected chi connectivity index (χ2v) is 5.98. The first kappa shape index (κ1) is 16.1. The van der Waals surface area contributed by atoms with E-state index in [1.807, 2.05) is 0 Å². The van der Waals surface area contributed by atoms with Gasteiger partial charge in [0.25, 0.3) is 5.56 Å². The summed E-state index contributed by atoms with van der Waals surface area (Å²) >= 11 is 0. The lowest BCUT2D eigenvalue weighted by Crippen LogP contribution is -2.21. The van der Waals surface area contributed by atoms with E-state index in [0.717, 1.165) is 12.1 Å². The number of carbonyl (C=O) groups is 1. The average molecular weight is 354 g/mol. The van der Waals surface area contributed by atoms with E-state index in [0.29, 0.717) is 29.7 Å². The lowest BCUT2D eigenvalue weighted by Gasteiger charge is -2.07. The minimum Gasteiger partial charge on any atom is -0.478 e. The first-order chi connectivity index (χ1) is 12.5. The summed E-state index contributed by atoms with van der Waals surface area (Å²) in [6.45, 7) is 0.347. The van der Waals surface area contributed by atoms with Gasteiger partial charge in [0, 0.05) is 12.1 Å². The summed E-state index contributed by atoms with van der Waals surface area (Å²) < 4.78 is 29.3. The molecule has 0 fully saturated rings. The molecule has 0 radical (unpaired) electrons. The molecule has 0 aliphatic carbocycles. The molecule has 2 aromatic carbocycles. The molecule has 1 N–H and O–H groups in total. The molecule has 130 valence electrons. The number of aromatic nitrogens is 2. The number of fused-ring (bicyclic) bond motifs is 2. The molecule has 1 aliphatic heterocycles. The second-order valence-electron chi connectivity index (χ2n) is 5.98. The Kier molecular flexibility index (Phi) is 3.64. The van der Waals surface area contributed by atoms with Gasteiger partial charge in [0.1, 0.15) is 17.5 Å². The molecule has 0 atom stereocenters. The lowest BCUT2D eigenvalue weighted by molar-refractivity contribution is 0.0697. The minimum atomic E-state index is -1.13. The third-order valence-corrected chi connectivity index (χ3v) is 4.41. The van der Waals surface area contributed by atoms with Crippen molar-refractivity contribution >= 4 is 28.5 Å². The Morgan fingerprint density at radius 3 is 2.62 bits per heavy atom. The normalized spacial score (nSPS) is 14.8. The number of aromatic carboxylic acids is 1. The highest BCUT2D eigenvalue weighted by Gasteiger charge is 2.22. The highest BCUT2D eigenvalue weighted by atomic mass is 19.1. The Balaban J connectivity index is 1.93. The van der Waals surface area contributed by atoms with Crippen LogP contribution in [-0.4, -0.2) is 20.6 Å². The largest absolute Gasteiger partial charge is 0.478 e. The summed E-state index contributed by atoms with van der Waals surface area (Å²) in [6.07, 6.45) is 1.75. The zero-order valence-corrected chi connectivity index (χ0v) is 13.4. The molecule has 7 heteroatoms. The van der Waals surface area contributed by atoms with Crippen molar-refractivity contribution in [2.24, 2.45) is 0 Å². The average Bonchev–Trinajstić information content (AvgIpc) is 3.01. The third-order valence-electron chi connectivity index (χ3n) is 4.41. The maximum absolute atomic E-state index is 13.9. The van der Waals surface area contributed by atoms with Crippen molar-refractivity contribution in [1.29, 1.82) is 0 Å². The van der Waals surface area contributed by atoms with E-state index >= 15 is 0 Å². The number of benzene rings is 2. The summed E-state index contributed by atoms with van der Waals surface area (Å²) in [5.41, 5.74) is 0.277. The van der Waals surface area contributed by atoms with Crippen LogP contribution in [0.5, 0.6) is 0 Å². The van der Waals surface area contributed by atoms with Gasteiger partial charge in [0.2, 0.25) is 0 Å². The van der Waals surface area contributed by atoms with E-state index in [9.17, 15) is 18.4 Å². The van der Waals surface area contributed by atoms with Gasteiger partial charge in [-0.25, -0.2) is 18.6 Å². The van der Waals surface area contributed by atoms with Crippen molar-refractivity contribution in [3.63, 3.8) is 0 Å². The molecule has 0 saturated carbocycles. The Morgan fingerprint density at radius 2 is 1.92 bits per heavy atom. The van der Waals surface area contributed by atoms with Crippen molar-refractivity contribution < 1.29 is 18.7 Å². The first-order valence-corrected chi connectivity index (χ1v) is 7.88. The van der Waals surface area contributed by atoms with Gasteiger partial charge in [-0.15, -0.1) is 0 Å². The van der Waals surface area contributed by atoms with Gasteiger partial charge in [0.05, 0.1) is 16.5 Å². The topological polar surface area (TPSA) is 72.2 Å². The van der Waals surface area contributed by atoms with Crippen LogP contribution in [0.2, 0.25) is 0 Å². The molecule has 2 heterocycles. The Labute approximate surface area is 145 Å².